The van der Waals surface area contributed by atoms with Gasteiger partial charge in [0, 0.05) is 28.2 Å². The number of Topliss-reactive ketones (excluding diaryl/α,β-unsaturated/α-hetero) is 1. The monoisotopic (exact) mass is 692 g/mol. The third kappa shape index (κ3) is 4.86. The molecule has 0 unspecified atom stereocenters. The average molecular weight is 693 g/mol. The molecule has 0 amide bonds. The number of halogens is 5. The van der Waals surface area contributed by atoms with Gasteiger partial charge in [-0.15, -0.1) is 0 Å². The first kappa shape index (κ1) is 34.3. The van der Waals surface area contributed by atoms with Crippen LogP contribution in [0.2, 0.25) is 0 Å². The highest BCUT2D eigenvalue weighted by Gasteiger charge is 2.78. The molecule has 0 saturated heterocycles. The summed E-state index contributed by atoms with van der Waals surface area (Å²) in [6.07, 6.45) is -4.06. The maximum absolute atomic E-state index is 17.7. The van der Waals surface area contributed by atoms with Gasteiger partial charge in [-0.25, -0.2) is 13.6 Å². The molecule has 1 aromatic carbocycles. The molecule has 0 radical (unpaired) electrons. The lowest BCUT2D eigenvalue weighted by molar-refractivity contribution is -0.221. The Kier molecular flexibility index (Phi) is 8.22. The minimum absolute atomic E-state index is 0.0635. The SMILES string of the molecule is C[C@H]1C[C@H]2[C@@H]3C[C@H](F)C4=CC(=O)C=C[C@]4(C)[C@@]3(F)[C@@H](O)C[C@]2(C)[C@@]1(OC(=O)c1ccco1)C(=O)SCC(=O)c1ccc(C(F)(F)F)cc1. The molecule has 7 nitrogen and oxygen atoms in total. The first-order chi connectivity index (χ1) is 22.4. The second-order valence-electron chi connectivity index (χ2n) is 13.7. The molecule has 13 heteroatoms. The number of fused-ring (bicyclic) bond motifs is 5. The van der Waals surface area contributed by atoms with Gasteiger partial charge in [0.2, 0.25) is 10.9 Å². The summed E-state index contributed by atoms with van der Waals surface area (Å²) in [6.45, 7) is 4.67. The number of hydrogen-bond donors (Lipinski definition) is 1. The van der Waals surface area contributed by atoms with Crippen LogP contribution in [0.4, 0.5) is 22.0 Å². The van der Waals surface area contributed by atoms with Crippen LogP contribution in [-0.4, -0.2) is 57.1 Å². The highest BCUT2D eigenvalue weighted by molar-refractivity contribution is 8.14. The van der Waals surface area contributed by atoms with Crippen LogP contribution in [0, 0.1) is 28.6 Å². The van der Waals surface area contributed by atoms with Crippen LogP contribution in [0.15, 0.2) is 70.9 Å². The van der Waals surface area contributed by atoms with Crippen LogP contribution in [0.1, 0.15) is 66.5 Å². The number of benzene rings is 1. The first-order valence-corrected chi connectivity index (χ1v) is 16.5. The van der Waals surface area contributed by atoms with Crippen LogP contribution in [0.3, 0.4) is 0 Å². The molecule has 256 valence electrons. The molecule has 0 spiro atoms. The van der Waals surface area contributed by atoms with Gasteiger partial charge in [0.15, 0.2) is 22.8 Å². The number of esters is 1. The van der Waals surface area contributed by atoms with Crippen molar-refractivity contribution >= 4 is 34.4 Å². The molecule has 1 heterocycles. The van der Waals surface area contributed by atoms with E-state index in [0.29, 0.717) is 11.8 Å². The molecule has 0 bridgehead atoms. The lowest BCUT2D eigenvalue weighted by Crippen LogP contribution is -2.70. The number of rotatable bonds is 6. The Balaban J connectivity index is 1.37. The van der Waals surface area contributed by atoms with Gasteiger partial charge < -0.3 is 14.3 Å². The molecule has 3 saturated carbocycles. The average Bonchev–Trinajstić information content (AvgIpc) is 3.64. The minimum Gasteiger partial charge on any atom is -0.457 e. The number of hydrogen-bond acceptors (Lipinski definition) is 8. The number of carbonyl (C=O) groups is 4. The number of aliphatic hydroxyl groups is 1. The maximum atomic E-state index is 17.7. The van der Waals surface area contributed by atoms with Gasteiger partial charge in [-0.3, -0.25) is 14.4 Å². The summed E-state index contributed by atoms with van der Waals surface area (Å²) in [5, 5.41) is 11.0. The number of carbonyl (C=O) groups excluding carboxylic acids is 4. The normalized spacial score (nSPS) is 37.2. The summed E-state index contributed by atoms with van der Waals surface area (Å²) in [6, 6.07) is 6.27. The Morgan fingerprint density at radius 1 is 1.08 bits per heavy atom. The van der Waals surface area contributed by atoms with Crippen LogP contribution in [0.25, 0.3) is 0 Å². The van der Waals surface area contributed by atoms with Crippen molar-refractivity contribution < 1.29 is 55.4 Å². The zero-order valence-electron chi connectivity index (χ0n) is 26.2. The van der Waals surface area contributed by atoms with Gasteiger partial charge in [-0.2, -0.15) is 13.2 Å². The lowest BCUT2D eigenvalue weighted by atomic mass is 9.44. The number of ketones is 2. The first-order valence-electron chi connectivity index (χ1n) is 15.5. The van der Waals surface area contributed by atoms with E-state index in [4.69, 9.17) is 9.15 Å². The molecular formula is C35H33F5O7S. The Morgan fingerprint density at radius 3 is 2.40 bits per heavy atom. The summed E-state index contributed by atoms with van der Waals surface area (Å²) in [5.74, 6) is -5.70. The van der Waals surface area contributed by atoms with E-state index in [1.54, 1.807) is 13.8 Å². The van der Waals surface area contributed by atoms with Gasteiger partial charge >= 0.3 is 12.1 Å². The van der Waals surface area contributed by atoms with E-state index in [-0.39, 0.29) is 36.2 Å². The van der Waals surface area contributed by atoms with Gasteiger partial charge in [-0.05, 0) is 74.1 Å². The molecule has 4 aliphatic rings. The van der Waals surface area contributed by atoms with Crippen molar-refractivity contribution in [3.63, 3.8) is 0 Å². The molecule has 1 N–H and O–H groups in total. The second-order valence-corrected chi connectivity index (χ2v) is 14.6. The molecule has 4 aliphatic carbocycles. The number of furan rings is 1. The molecule has 48 heavy (non-hydrogen) atoms. The van der Waals surface area contributed by atoms with Crippen molar-refractivity contribution in [2.75, 3.05) is 5.75 Å². The molecule has 6 rings (SSSR count). The van der Waals surface area contributed by atoms with Crippen molar-refractivity contribution in [1.82, 2.24) is 0 Å². The van der Waals surface area contributed by atoms with Gasteiger partial charge in [0.25, 0.3) is 0 Å². The molecule has 3 fully saturated rings. The van der Waals surface area contributed by atoms with Crippen LogP contribution >= 0.6 is 11.8 Å². The predicted octanol–water partition coefficient (Wildman–Crippen LogP) is 6.90. The van der Waals surface area contributed by atoms with Crippen LogP contribution in [0.5, 0.6) is 0 Å². The Labute approximate surface area is 277 Å². The third-order valence-corrected chi connectivity index (χ3v) is 12.3. The number of alkyl halides is 5. The van der Waals surface area contributed by atoms with Crippen LogP contribution < -0.4 is 0 Å². The number of thioether (sulfide) groups is 1. The van der Waals surface area contributed by atoms with Gasteiger partial charge in [-0.1, -0.05) is 43.8 Å². The number of ether oxygens (including phenoxy) is 1. The van der Waals surface area contributed by atoms with Crippen molar-refractivity contribution in [3.8, 4) is 0 Å². The van der Waals surface area contributed by atoms with E-state index < -0.39 is 92.3 Å². The second kappa shape index (κ2) is 11.5. The smallest absolute Gasteiger partial charge is 0.416 e. The summed E-state index contributed by atoms with van der Waals surface area (Å²) < 4.78 is 84.0. The lowest BCUT2D eigenvalue weighted by Gasteiger charge is -2.63. The highest BCUT2D eigenvalue weighted by Crippen LogP contribution is 2.72. The minimum atomic E-state index is -4.61. The summed E-state index contributed by atoms with van der Waals surface area (Å²) in [4.78, 5) is 53.1. The summed E-state index contributed by atoms with van der Waals surface area (Å²) in [5.41, 5.74) is -8.73. The van der Waals surface area contributed by atoms with Crippen molar-refractivity contribution in [1.29, 1.82) is 0 Å². The topological polar surface area (TPSA) is 111 Å². The molecule has 1 aromatic heterocycles. The predicted molar refractivity (Wildman–Crippen MR) is 163 cm³/mol. The molecule has 2 aromatic rings. The van der Waals surface area contributed by atoms with Crippen molar-refractivity contribution in [2.24, 2.45) is 28.6 Å². The largest absolute Gasteiger partial charge is 0.457 e. The maximum Gasteiger partial charge on any atom is 0.416 e. The number of allylic oxidation sites excluding steroid dienone is 4. The van der Waals surface area contributed by atoms with E-state index in [1.807, 2.05) is 0 Å². The zero-order chi connectivity index (χ0) is 35.0. The van der Waals surface area contributed by atoms with E-state index in [1.165, 1.54) is 31.4 Å². The summed E-state index contributed by atoms with van der Waals surface area (Å²) >= 11 is 0.505. The fourth-order valence-corrected chi connectivity index (χ4v) is 10.1. The van der Waals surface area contributed by atoms with Crippen LogP contribution in [-0.2, 0) is 20.5 Å². The van der Waals surface area contributed by atoms with E-state index >= 15 is 8.78 Å². The fourth-order valence-electron chi connectivity index (χ4n) is 8.98. The van der Waals surface area contributed by atoms with E-state index in [9.17, 15) is 37.5 Å². The fraction of sp³-hybridized carbons (Fsp3) is 0.486. The quantitative estimate of drug-likeness (QED) is 0.198. The number of aliphatic hydroxyl groups excluding tert-OH is 1. The molecular weight excluding hydrogens is 659 g/mol. The Morgan fingerprint density at radius 2 is 1.77 bits per heavy atom. The van der Waals surface area contributed by atoms with E-state index in [2.05, 4.69) is 0 Å². The van der Waals surface area contributed by atoms with Gasteiger partial charge in [0.05, 0.1) is 23.7 Å². The zero-order valence-corrected chi connectivity index (χ0v) is 27.0. The van der Waals surface area contributed by atoms with E-state index in [0.717, 1.165) is 36.4 Å². The molecule has 0 aliphatic heterocycles. The molecule has 9 atom stereocenters. The van der Waals surface area contributed by atoms with Crippen molar-refractivity contribution in [3.05, 3.63) is 83.3 Å². The van der Waals surface area contributed by atoms with Crippen molar-refractivity contribution in [2.45, 2.75) is 69.8 Å². The Hall–Kier alpha value is -3.58. The Bertz CT molecular complexity index is 1720. The summed E-state index contributed by atoms with van der Waals surface area (Å²) in [7, 11) is 0. The standard InChI is InChI=1S/C35H33F5O7S/c1-18-13-22-23-15-25(36)24-14-21(41)10-11-31(24,2)33(23,37)28(43)16-32(22,3)34(18,47-29(44)27-5-4-12-46-27)30(45)48-17-26(42)19-6-8-20(9-7-19)35(38,39)40/h4-12,14,18,22-23,25,28,43H,13,15-17H2,1-3H3/t18-,22-,23-,25-,28-,31-,32-,33-,34-/m0/s1. The highest BCUT2D eigenvalue weighted by atomic mass is 32.2. The third-order valence-electron chi connectivity index (χ3n) is 11.3. The van der Waals surface area contributed by atoms with Gasteiger partial charge in [0.1, 0.15) is 6.17 Å².